The Hall–Kier alpha value is -1.62. The number of hydrogen-bond donors (Lipinski definition) is 1. The van der Waals surface area contributed by atoms with Gasteiger partial charge in [-0.3, -0.25) is 9.78 Å². The lowest BCUT2D eigenvalue weighted by atomic mass is 10.1. The average Bonchev–Trinajstić information content (AvgIpc) is 2.38. The van der Waals surface area contributed by atoms with Crippen molar-refractivity contribution in [1.29, 1.82) is 0 Å². The first-order chi connectivity index (χ1) is 9.00. The van der Waals surface area contributed by atoms with Gasteiger partial charge < -0.3 is 10.0 Å². The Morgan fingerprint density at radius 3 is 2.89 bits per heavy atom. The monoisotopic (exact) mass is 322 g/mol. The molecule has 0 saturated heterocycles. The lowest BCUT2D eigenvalue weighted by molar-refractivity contribution is -0.140. The smallest absolute Gasteiger partial charge is 0.308 e. The Labute approximate surface area is 120 Å². The van der Waals surface area contributed by atoms with Crippen molar-refractivity contribution in [1.82, 2.24) is 4.98 Å². The molecule has 1 atom stereocenters. The second-order valence-electron chi connectivity index (χ2n) is 4.59. The summed E-state index contributed by atoms with van der Waals surface area (Å²) >= 11 is 3.48. The molecule has 0 aliphatic rings. The van der Waals surface area contributed by atoms with Crippen LogP contribution in [-0.4, -0.2) is 29.7 Å². The van der Waals surface area contributed by atoms with Gasteiger partial charge in [-0.15, -0.1) is 0 Å². The maximum Gasteiger partial charge on any atom is 0.308 e. The minimum atomic E-state index is -0.786. The van der Waals surface area contributed by atoms with E-state index < -0.39 is 11.9 Å². The number of hydrogen-bond acceptors (Lipinski definition) is 3. The molecule has 4 nitrogen and oxygen atoms in total. The molecule has 19 heavy (non-hydrogen) atoms. The minimum Gasteiger partial charge on any atom is -0.481 e. The Bertz CT molecular complexity index is 615. The molecular formula is C14H15BrN2O2. The van der Waals surface area contributed by atoms with Crippen molar-refractivity contribution in [2.75, 3.05) is 18.5 Å². The van der Waals surface area contributed by atoms with Crippen LogP contribution in [0.1, 0.15) is 6.92 Å². The zero-order chi connectivity index (χ0) is 14.0. The Kier molecular flexibility index (Phi) is 4.04. The SMILES string of the molecule is CC(CN(C)c1ccnc2c(Br)cccc12)C(=O)O. The van der Waals surface area contributed by atoms with E-state index in [9.17, 15) is 4.79 Å². The lowest BCUT2D eigenvalue weighted by Gasteiger charge is -2.23. The van der Waals surface area contributed by atoms with E-state index in [1.807, 2.05) is 36.2 Å². The van der Waals surface area contributed by atoms with Crippen LogP contribution < -0.4 is 4.90 Å². The molecule has 0 amide bonds. The second kappa shape index (κ2) is 5.57. The van der Waals surface area contributed by atoms with Gasteiger partial charge in [-0.25, -0.2) is 0 Å². The maximum absolute atomic E-state index is 10.9. The number of anilines is 1. The third kappa shape index (κ3) is 2.87. The van der Waals surface area contributed by atoms with Gasteiger partial charge in [0.15, 0.2) is 0 Å². The molecule has 1 unspecified atom stereocenters. The first kappa shape index (κ1) is 13.8. The quantitative estimate of drug-likeness (QED) is 0.939. The van der Waals surface area contributed by atoms with Crippen molar-refractivity contribution in [3.63, 3.8) is 0 Å². The number of nitrogens with zero attached hydrogens (tertiary/aromatic N) is 2. The van der Waals surface area contributed by atoms with Crippen LogP contribution in [-0.2, 0) is 4.79 Å². The number of carboxylic acid groups (broad SMARTS) is 1. The summed E-state index contributed by atoms with van der Waals surface area (Å²) in [6.07, 6.45) is 1.74. The number of benzene rings is 1. The van der Waals surface area contributed by atoms with E-state index in [0.29, 0.717) is 6.54 Å². The summed E-state index contributed by atoms with van der Waals surface area (Å²) < 4.78 is 0.937. The van der Waals surface area contributed by atoms with Crippen molar-refractivity contribution in [3.05, 3.63) is 34.9 Å². The van der Waals surface area contributed by atoms with Gasteiger partial charge in [0.2, 0.25) is 0 Å². The molecule has 0 aliphatic carbocycles. The van der Waals surface area contributed by atoms with Crippen LogP contribution in [0, 0.1) is 5.92 Å². The van der Waals surface area contributed by atoms with Gasteiger partial charge in [0, 0.05) is 35.3 Å². The summed E-state index contributed by atoms with van der Waals surface area (Å²) in [6.45, 7) is 2.17. The third-order valence-corrected chi connectivity index (χ3v) is 3.72. The molecule has 0 saturated carbocycles. The van der Waals surface area contributed by atoms with Crippen molar-refractivity contribution in [3.8, 4) is 0 Å². The van der Waals surface area contributed by atoms with E-state index >= 15 is 0 Å². The first-order valence-electron chi connectivity index (χ1n) is 5.98. The van der Waals surface area contributed by atoms with E-state index in [1.54, 1.807) is 13.1 Å². The van der Waals surface area contributed by atoms with E-state index in [2.05, 4.69) is 20.9 Å². The van der Waals surface area contributed by atoms with Crippen molar-refractivity contribution < 1.29 is 9.90 Å². The highest BCUT2D eigenvalue weighted by atomic mass is 79.9. The van der Waals surface area contributed by atoms with Crippen molar-refractivity contribution in [2.24, 2.45) is 5.92 Å². The molecule has 5 heteroatoms. The van der Waals surface area contributed by atoms with Gasteiger partial charge in [-0.1, -0.05) is 19.1 Å². The van der Waals surface area contributed by atoms with E-state index in [-0.39, 0.29) is 0 Å². The van der Waals surface area contributed by atoms with E-state index in [1.165, 1.54) is 0 Å². The molecule has 0 spiro atoms. The maximum atomic E-state index is 10.9. The Morgan fingerprint density at radius 2 is 2.21 bits per heavy atom. The predicted molar refractivity (Wildman–Crippen MR) is 79.5 cm³/mol. The van der Waals surface area contributed by atoms with Crippen LogP contribution in [0.3, 0.4) is 0 Å². The molecule has 1 aromatic heterocycles. The van der Waals surface area contributed by atoms with Crippen molar-refractivity contribution in [2.45, 2.75) is 6.92 Å². The van der Waals surface area contributed by atoms with Crippen molar-refractivity contribution >= 4 is 38.5 Å². The molecule has 0 fully saturated rings. The largest absolute Gasteiger partial charge is 0.481 e. The van der Waals surface area contributed by atoms with Gasteiger partial charge >= 0.3 is 5.97 Å². The number of fused-ring (bicyclic) bond motifs is 1. The summed E-state index contributed by atoms with van der Waals surface area (Å²) in [7, 11) is 1.90. The second-order valence-corrected chi connectivity index (χ2v) is 5.44. The average molecular weight is 323 g/mol. The fourth-order valence-electron chi connectivity index (χ4n) is 2.05. The summed E-state index contributed by atoms with van der Waals surface area (Å²) in [5, 5.41) is 10.00. The molecule has 1 N–H and O–H groups in total. The highest BCUT2D eigenvalue weighted by molar-refractivity contribution is 9.10. The summed E-state index contributed by atoms with van der Waals surface area (Å²) in [6, 6.07) is 7.79. The van der Waals surface area contributed by atoms with Crippen LogP contribution in [0.5, 0.6) is 0 Å². The molecule has 2 aromatic rings. The fraction of sp³-hybridized carbons (Fsp3) is 0.286. The highest BCUT2D eigenvalue weighted by Crippen LogP contribution is 2.29. The number of carbonyl (C=O) groups is 1. The highest BCUT2D eigenvalue weighted by Gasteiger charge is 2.15. The van der Waals surface area contributed by atoms with Crippen LogP contribution in [0.15, 0.2) is 34.9 Å². The lowest BCUT2D eigenvalue weighted by Crippen LogP contribution is -2.28. The van der Waals surface area contributed by atoms with Crippen LogP contribution in [0.2, 0.25) is 0 Å². The minimum absolute atomic E-state index is 0.416. The molecule has 0 bridgehead atoms. The van der Waals surface area contributed by atoms with E-state index in [0.717, 1.165) is 21.1 Å². The standard InChI is InChI=1S/C14H15BrN2O2/c1-9(14(18)19)8-17(2)12-6-7-16-13-10(12)4-3-5-11(13)15/h3-7,9H,8H2,1-2H3,(H,18,19). The topological polar surface area (TPSA) is 53.4 Å². The number of pyridine rings is 1. The van der Waals surface area contributed by atoms with Gasteiger partial charge in [-0.2, -0.15) is 0 Å². The summed E-state index contributed by atoms with van der Waals surface area (Å²) in [5.41, 5.74) is 1.87. The number of aromatic nitrogens is 1. The molecule has 1 heterocycles. The molecule has 0 aliphatic heterocycles. The number of rotatable bonds is 4. The Morgan fingerprint density at radius 1 is 1.47 bits per heavy atom. The molecule has 100 valence electrons. The van der Waals surface area contributed by atoms with Gasteiger partial charge in [-0.05, 0) is 28.1 Å². The van der Waals surface area contributed by atoms with Crippen LogP contribution in [0.25, 0.3) is 10.9 Å². The molecule has 1 aromatic carbocycles. The molecule has 2 rings (SSSR count). The van der Waals surface area contributed by atoms with Gasteiger partial charge in [0.1, 0.15) is 0 Å². The normalized spacial score (nSPS) is 12.4. The zero-order valence-corrected chi connectivity index (χ0v) is 12.4. The number of halogens is 1. The first-order valence-corrected chi connectivity index (χ1v) is 6.77. The Balaban J connectivity index is 2.40. The van der Waals surface area contributed by atoms with Gasteiger partial charge in [0.25, 0.3) is 0 Å². The molecule has 0 radical (unpaired) electrons. The predicted octanol–water partition coefficient (Wildman–Crippen LogP) is 3.15. The fourth-order valence-corrected chi connectivity index (χ4v) is 2.51. The number of carboxylic acids is 1. The van der Waals surface area contributed by atoms with Crippen LogP contribution >= 0.6 is 15.9 Å². The molecular weight excluding hydrogens is 308 g/mol. The third-order valence-electron chi connectivity index (χ3n) is 3.08. The summed E-state index contributed by atoms with van der Waals surface area (Å²) in [5.74, 6) is -1.20. The van der Waals surface area contributed by atoms with Gasteiger partial charge in [0.05, 0.1) is 11.4 Å². The van der Waals surface area contributed by atoms with E-state index in [4.69, 9.17) is 5.11 Å². The zero-order valence-electron chi connectivity index (χ0n) is 10.8. The number of aliphatic carboxylic acids is 1. The summed E-state index contributed by atoms with van der Waals surface area (Å²) in [4.78, 5) is 17.2. The van der Waals surface area contributed by atoms with Crippen LogP contribution in [0.4, 0.5) is 5.69 Å². The number of para-hydroxylation sites is 1.